The highest BCUT2D eigenvalue weighted by molar-refractivity contribution is 6.00. The zero-order valence-electron chi connectivity index (χ0n) is 24.1. The number of rotatable bonds is 4. The van der Waals surface area contributed by atoms with Crippen LogP contribution >= 0.6 is 0 Å². The number of pyridine rings is 2. The van der Waals surface area contributed by atoms with Gasteiger partial charge in [0.1, 0.15) is 7.05 Å². The minimum absolute atomic E-state index is 0.167. The number of nitrogens with zero attached hydrogens (tertiary/aromatic N) is 2. The monoisotopic (exact) mass is 530 g/mol. The molecular formula is C39H34N2+2. The van der Waals surface area contributed by atoms with Crippen LogP contribution in [0.1, 0.15) is 36.1 Å². The summed E-state index contributed by atoms with van der Waals surface area (Å²) in [6.07, 6.45) is 8.77. The Balaban J connectivity index is 1.46. The summed E-state index contributed by atoms with van der Waals surface area (Å²) in [7, 11) is 2.15. The molecule has 0 atom stereocenters. The second kappa shape index (κ2) is 9.67. The molecule has 0 spiro atoms. The van der Waals surface area contributed by atoms with Crippen LogP contribution in [0.3, 0.4) is 0 Å². The Morgan fingerprint density at radius 3 is 2.12 bits per heavy atom. The summed E-state index contributed by atoms with van der Waals surface area (Å²) in [5.41, 5.74) is 12.7. The van der Waals surface area contributed by atoms with Gasteiger partial charge in [-0.25, -0.2) is 4.57 Å². The molecule has 2 heteroatoms. The Kier molecular flexibility index (Phi) is 5.94. The highest BCUT2D eigenvalue weighted by Crippen LogP contribution is 2.54. The first-order valence-electron chi connectivity index (χ1n) is 14.3. The van der Waals surface area contributed by atoms with Gasteiger partial charge in [-0.15, -0.1) is 0 Å². The third kappa shape index (κ3) is 4.02. The van der Waals surface area contributed by atoms with Gasteiger partial charge in [0.05, 0.1) is 5.56 Å². The largest absolute Gasteiger partial charge is 0.218 e. The number of fused-ring (bicyclic) bond motifs is 5. The van der Waals surface area contributed by atoms with Gasteiger partial charge < -0.3 is 0 Å². The molecule has 0 bridgehead atoms. The third-order valence-corrected chi connectivity index (χ3v) is 8.74. The number of benzene rings is 4. The minimum atomic E-state index is -0.167. The lowest BCUT2D eigenvalue weighted by Gasteiger charge is -2.25. The van der Waals surface area contributed by atoms with Crippen molar-refractivity contribution >= 4 is 23.0 Å². The van der Waals surface area contributed by atoms with Crippen LogP contribution in [-0.2, 0) is 12.5 Å². The van der Waals surface area contributed by atoms with Crippen molar-refractivity contribution in [2.24, 2.45) is 7.05 Å². The van der Waals surface area contributed by atoms with E-state index < -0.39 is 0 Å². The first-order valence-corrected chi connectivity index (χ1v) is 14.3. The van der Waals surface area contributed by atoms with E-state index in [1.807, 2.05) is 0 Å². The van der Waals surface area contributed by atoms with E-state index in [4.69, 9.17) is 0 Å². The van der Waals surface area contributed by atoms with E-state index in [0.717, 1.165) is 0 Å². The topological polar surface area (TPSA) is 7.76 Å². The number of hydrogen-bond donors (Lipinski definition) is 0. The van der Waals surface area contributed by atoms with Crippen molar-refractivity contribution in [2.45, 2.75) is 26.2 Å². The summed E-state index contributed by atoms with van der Waals surface area (Å²) >= 11 is 0. The van der Waals surface area contributed by atoms with Crippen LogP contribution < -0.4 is 9.13 Å². The lowest BCUT2D eigenvalue weighted by molar-refractivity contribution is -0.660. The van der Waals surface area contributed by atoms with Crippen LogP contribution in [0.25, 0.3) is 56.7 Å². The van der Waals surface area contributed by atoms with E-state index >= 15 is 0 Å². The maximum atomic E-state index is 2.40. The summed E-state index contributed by atoms with van der Waals surface area (Å²) < 4.78 is 4.48. The molecule has 0 N–H and O–H groups in total. The predicted octanol–water partition coefficient (Wildman–Crippen LogP) is 8.53. The van der Waals surface area contributed by atoms with Gasteiger partial charge in [-0.1, -0.05) is 80.6 Å². The molecule has 0 fully saturated rings. The first kappa shape index (κ1) is 25.2. The van der Waals surface area contributed by atoms with Gasteiger partial charge >= 0.3 is 0 Å². The fourth-order valence-corrected chi connectivity index (χ4v) is 6.82. The number of aromatic nitrogens is 2. The fourth-order valence-electron chi connectivity index (χ4n) is 6.82. The summed E-state index contributed by atoms with van der Waals surface area (Å²) in [6.45, 7) is 6.96. The zero-order valence-corrected chi connectivity index (χ0v) is 24.1. The molecule has 4 aromatic carbocycles. The van der Waals surface area contributed by atoms with Gasteiger partial charge in [0.2, 0.25) is 11.4 Å². The second-order valence-electron chi connectivity index (χ2n) is 11.6. The number of hydrogen-bond acceptors (Lipinski definition) is 0. The van der Waals surface area contributed by atoms with E-state index in [9.17, 15) is 0 Å². The van der Waals surface area contributed by atoms with Gasteiger partial charge in [0.25, 0.3) is 0 Å². The van der Waals surface area contributed by atoms with E-state index in [-0.39, 0.29) is 5.41 Å². The molecule has 198 valence electrons. The van der Waals surface area contributed by atoms with Gasteiger partial charge in [0, 0.05) is 41.3 Å². The number of aryl methyl sites for hydroxylation is 2. The van der Waals surface area contributed by atoms with Gasteiger partial charge in [0.15, 0.2) is 18.6 Å². The maximum absolute atomic E-state index is 2.40. The molecule has 2 nitrogen and oxygen atoms in total. The van der Waals surface area contributed by atoms with Crippen LogP contribution in [0.15, 0.2) is 122 Å². The molecule has 0 aliphatic heterocycles. The Labute approximate surface area is 242 Å². The molecule has 6 aromatic rings. The molecule has 0 saturated heterocycles. The quantitative estimate of drug-likeness (QED) is 0.202. The lowest BCUT2D eigenvalue weighted by Crippen LogP contribution is -2.31. The van der Waals surface area contributed by atoms with Crippen molar-refractivity contribution < 1.29 is 9.13 Å². The van der Waals surface area contributed by atoms with E-state index in [0.29, 0.717) is 0 Å². The van der Waals surface area contributed by atoms with Crippen molar-refractivity contribution in [3.63, 3.8) is 0 Å². The average Bonchev–Trinajstić information content (AvgIpc) is 3.23. The minimum Gasteiger partial charge on any atom is -0.201 e. The smallest absolute Gasteiger partial charge is 0.201 e. The average molecular weight is 531 g/mol. The Hall–Kier alpha value is -4.82. The Morgan fingerprint density at radius 2 is 1.29 bits per heavy atom. The summed E-state index contributed by atoms with van der Waals surface area (Å²) in [5, 5.41) is 2.64. The summed E-state index contributed by atoms with van der Waals surface area (Å²) in [6, 6.07) is 39.5. The maximum Gasteiger partial charge on any atom is 0.218 e. The highest BCUT2D eigenvalue weighted by atomic mass is 14.9. The molecule has 1 aliphatic rings. The molecule has 7 rings (SSSR count). The SMILES string of the molecule is Cc1ccccc1-c1cccc[n+]1/C=C\c1ccc2c(c1-c1cccc[n+]1C)C(C)(C)c1c-2ccc2ccccc12. The second-order valence-corrected chi connectivity index (χ2v) is 11.6. The summed E-state index contributed by atoms with van der Waals surface area (Å²) in [5.74, 6) is 0. The van der Waals surface area contributed by atoms with Crippen molar-refractivity contribution in [3.05, 3.63) is 144 Å². The first-order chi connectivity index (χ1) is 19.9. The molecular weight excluding hydrogens is 496 g/mol. The van der Waals surface area contributed by atoms with E-state index in [2.05, 4.69) is 171 Å². The Bertz CT molecular complexity index is 1990. The van der Waals surface area contributed by atoms with Crippen molar-refractivity contribution in [1.29, 1.82) is 0 Å². The van der Waals surface area contributed by atoms with Crippen LogP contribution in [0.2, 0.25) is 0 Å². The molecule has 1 aliphatic carbocycles. The van der Waals surface area contributed by atoms with Crippen LogP contribution in [0, 0.1) is 6.92 Å². The Morgan fingerprint density at radius 1 is 0.610 bits per heavy atom. The lowest BCUT2D eigenvalue weighted by atomic mass is 9.77. The molecule has 2 aromatic heterocycles. The standard InChI is InChI=1S/C39H34N2/c1-27-13-5-7-15-30(27)34-17-10-12-25-41(34)26-23-29-20-22-33-32-21-19-28-14-6-8-16-31(28)37(32)39(2,3)38(33)36(29)35-18-9-11-24-40(35)4/h5-26H,1-4H3/q+2/b26-23-. The molecule has 41 heavy (non-hydrogen) atoms. The van der Waals surface area contributed by atoms with Crippen molar-refractivity contribution in [3.8, 4) is 33.6 Å². The summed E-state index contributed by atoms with van der Waals surface area (Å²) in [4.78, 5) is 0. The highest BCUT2D eigenvalue weighted by Gasteiger charge is 2.41. The predicted molar refractivity (Wildman–Crippen MR) is 170 cm³/mol. The van der Waals surface area contributed by atoms with E-state index in [1.54, 1.807) is 0 Å². The fraction of sp³-hybridized carbons (Fsp3) is 0.128. The molecule has 0 radical (unpaired) electrons. The van der Waals surface area contributed by atoms with Gasteiger partial charge in [-0.05, 0) is 69.3 Å². The third-order valence-electron chi connectivity index (χ3n) is 8.74. The molecule has 0 unspecified atom stereocenters. The van der Waals surface area contributed by atoms with Crippen molar-refractivity contribution in [2.75, 3.05) is 0 Å². The molecule has 0 saturated carbocycles. The van der Waals surface area contributed by atoms with Gasteiger partial charge in [-0.2, -0.15) is 4.57 Å². The van der Waals surface area contributed by atoms with E-state index in [1.165, 1.54) is 66.7 Å². The molecule has 2 heterocycles. The van der Waals surface area contributed by atoms with Crippen LogP contribution in [-0.4, -0.2) is 0 Å². The zero-order chi connectivity index (χ0) is 28.1. The van der Waals surface area contributed by atoms with Crippen LogP contribution in [0.4, 0.5) is 0 Å². The molecule has 0 amide bonds. The van der Waals surface area contributed by atoms with Crippen molar-refractivity contribution in [1.82, 2.24) is 0 Å². The normalized spacial score (nSPS) is 13.5. The van der Waals surface area contributed by atoms with Gasteiger partial charge in [-0.3, -0.25) is 0 Å². The van der Waals surface area contributed by atoms with Crippen LogP contribution in [0.5, 0.6) is 0 Å².